The molecule has 1 aromatic rings. The van der Waals surface area contributed by atoms with Crippen LogP contribution < -0.4 is 4.90 Å². The molecule has 0 aromatic heterocycles. The number of rotatable bonds is 3. The Hall–Kier alpha value is -1.18. The van der Waals surface area contributed by atoms with E-state index >= 15 is 0 Å². The van der Waals surface area contributed by atoms with Gasteiger partial charge >= 0.3 is 5.97 Å². The van der Waals surface area contributed by atoms with Crippen molar-refractivity contribution in [3.8, 4) is 0 Å². The summed E-state index contributed by atoms with van der Waals surface area (Å²) in [5.41, 5.74) is -0.0466. The normalized spacial score (nSPS) is 18.9. The number of nitro groups is 1. The number of anilines is 1. The second-order valence-corrected chi connectivity index (χ2v) is 6.10. The van der Waals surface area contributed by atoms with Crippen LogP contribution in [0.4, 0.5) is 11.4 Å². The number of halogens is 2. The van der Waals surface area contributed by atoms with Crippen LogP contribution in [0, 0.1) is 10.1 Å². The highest BCUT2D eigenvalue weighted by Gasteiger charge is 2.33. The highest BCUT2D eigenvalue weighted by Crippen LogP contribution is 2.38. The molecule has 1 fully saturated rings. The molecule has 1 aliphatic heterocycles. The molecule has 9 heteroatoms. The molecule has 1 saturated heterocycles. The van der Waals surface area contributed by atoms with E-state index in [1.165, 1.54) is 22.7 Å². The van der Waals surface area contributed by atoms with E-state index < -0.39 is 16.9 Å². The quantitative estimate of drug-likeness (QED) is 0.674. The maximum absolute atomic E-state index is 11.3. The predicted molar refractivity (Wildman–Crippen MR) is 79.2 cm³/mol. The van der Waals surface area contributed by atoms with Gasteiger partial charge in [-0.25, -0.2) is 4.79 Å². The van der Waals surface area contributed by atoms with Gasteiger partial charge in [-0.2, -0.15) is 11.8 Å². The second-order valence-electron chi connectivity index (χ2n) is 4.13. The van der Waals surface area contributed by atoms with Crippen LogP contribution in [0.2, 0.25) is 10.0 Å². The standard InChI is InChI=1S/C11H10Cl2N2O4S/c12-6-3-8(9(15(18)19)4-7(6)13)14-1-2-20-5-10(14)11(16)17/h3-4,10H,1-2,5H2,(H,16,17). The minimum Gasteiger partial charge on any atom is -0.480 e. The van der Waals surface area contributed by atoms with Gasteiger partial charge in [-0.05, 0) is 6.07 Å². The average Bonchev–Trinajstić information content (AvgIpc) is 2.41. The summed E-state index contributed by atoms with van der Waals surface area (Å²) in [4.78, 5) is 23.3. The van der Waals surface area contributed by atoms with Gasteiger partial charge < -0.3 is 10.0 Å². The second kappa shape index (κ2) is 6.07. The molecule has 1 unspecified atom stereocenters. The van der Waals surface area contributed by atoms with Crippen molar-refractivity contribution in [2.45, 2.75) is 6.04 Å². The molecule has 1 atom stereocenters. The maximum Gasteiger partial charge on any atom is 0.327 e. The first-order chi connectivity index (χ1) is 9.41. The molecule has 0 aliphatic carbocycles. The van der Waals surface area contributed by atoms with Crippen molar-refractivity contribution in [3.05, 3.63) is 32.3 Å². The average molecular weight is 337 g/mol. The third kappa shape index (κ3) is 2.94. The molecule has 0 amide bonds. The number of carboxylic acids is 1. The van der Waals surface area contributed by atoms with Crippen molar-refractivity contribution in [1.29, 1.82) is 0 Å². The number of hydrogen-bond donors (Lipinski definition) is 1. The van der Waals surface area contributed by atoms with Gasteiger partial charge in [0.1, 0.15) is 11.7 Å². The Morgan fingerprint density at radius 1 is 1.45 bits per heavy atom. The van der Waals surface area contributed by atoms with Crippen LogP contribution in [-0.4, -0.2) is 40.1 Å². The number of carboxylic acid groups (broad SMARTS) is 1. The number of carbonyl (C=O) groups is 1. The monoisotopic (exact) mass is 336 g/mol. The Labute approximate surface area is 128 Å². The molecule has 1 aromatic carbocycles. The molecule has 1 aliphatic rings. The van der Waals surface area contributed by atoms with Gasteiger partial charge in [-0.3, -0.25) is 10.1 Å². The van der Waals surface area contributed by atoms with Crippen LogP contribution >= 0.6 is 35.0 Å². The Balaban J connectivity index is 2.51. The molecule has 20 heavy (non-hydrogen) atoms. The summed E-state index contributed by atoms with van der Waals surface area (Å²) >= 11 is 13.2. The Morgan fingerprint density at radius 2 is 2.10 bits per heavy atom. The van der Waals surface area contributed by atoms with Crippen molar-refractivity contribution < 1.29 is 14.8 Å². The van der Waals surface area contributed by atoms with E-state index in [0.29, 0.717) is 18.1 Å². The number of thioether (sulfide) groups is 1. The number of aliphatic carboxylic acids is 1. The van der Waals surface area contributed by atoms with Gasteiger partial charge in [-0.1, -0.05) is 23.2 Å². The molecule has 108 valence electrons. The summed E-state index contributed by atoms with van der Waals surface area (Å²) in [6, 6.07) is 1.69. The van der Waals surface area contributed by atoms with Crippen LogP contribution in [0.15, 0.2) is 12.1 Å². The van der Waals surface area contributed by atoms with E-state index in [1.807, 2.05) is 0 Å². The Kier molecular flexibility index (Phi) is 4.62. The molecule has 0 bridgehead atoms. The Bertz CT molecular complexity index is 570. The van der Waals surface area contributed by atoms with Crippen molar-refractivity contribution in [2.24, 2.45) is 0 Å². The van der Waals surface area contributed by atoms with Crippen LogP contribution in [0.3, 0.4) is 0 Å². The molecular weight excluding hydrogens is 327 g/mol. The Morgan fingerprint density at radius 3 is 2.70 bits per heavy atom. The van der Waals surface area contributed by atoms with Gasteiger partial charge in [0.05, 0.1) is 15.0 Å². The van der Waals surface area contributed by atoms with Gasteiger partial charge in [0.25, 0.3) is 5.69 Å². The molecule has 1 N–H and O–H groups in total. The highest BCUT2D eigenvalue weighted by atomic mass is 35.5. The van der Waals surface area contributed by atoms with Crippen molar-refractivity contribution >= 4 is 52.3 Å². The van der Waals surface area contributed by atoms with Crippen LogP contribution in [0.5, 0.6) is 0 Å². The minimum atomic E-state index is -1.02. The van der Waals surface area contributed by atoms with Crippen LogP contribution in [0.25, 0.3) is 0 Å². The lowest BCUT2D eigenvalue weighted by atomic mass is 10.2. The van der Waals surface area contributed by atoms with E-state index in [4.69, 9.17) is 23.2 Å². The van der Waals surface area contributed by atoms with E-state index in [2.05, 4.69) is 0 Å². The van der Waals surface area contributed by atoms with E-state index in [0.717, 1.165) is 6.07 Å². The number of nitrogens with zero attached hydrogens (tertiary/aromatic N) is 2. The predicted octanol–water partition coefficient (Wildman–Crippen LogP) is 2.91. The fourth-order valence-corrected chi connectivity index (χ4v) is 3.35. The summed E-state index contributed by atoms with van der Waals surface area (Å²) < 4.78 is 0. The fraction of sp³-hybridized carbons (Fsp3) is 0.364. The number of benzene rings is 1. The lowest BCUT2D eigenvalue weighted by molar-refractivity contribution is -0.384. The zero-order valence-corrected chi connectivity index (χ0v) is 12.4. The molecular formula is C11H10Cl2N2O4S. The molecule has 6 nitrogen and oxygen atoms in total. The minimum absolute atomic E-state index is 0.0698. The molecule has 1 heterocycles. The molecule has 0 spiro atoms. The van der Waals surface area contributed by atoms with Crippen molar-refractivity contribution in [3.63, 3.8) is 0 Å². The lowest BCUT2D eigenvalue weighted by Crippen LogP contribution is -2.47. The molecule has 2 rings (SSSR count). The SMILES string of the molecule is O=C(O)C1CSCCN1c1cc(Cl)c(Cl)cc1[N+](=O)[O-]. The third-order valence-corrected chi connectivity index (χ3v) is 4.68. The first-order valence-electron chi connectivity index (χ1n) is 5.62. The van der Waals surface area contributed by atoms with Gasteiger partial charge in [0.2, 0.25) is 0 Å². The van der Waals surface area contributed by atoms with E-state index in [-0.39, 0.29) is 21.4 Å². The number of hydrogen-bond acceptors (Lipinski definition) is 5. The smallest absolute Gasteiger partial charge is 0.327 e. The summed E-state index contributed by atoms with van der Waals surface area (Å²) in [7, 11) is 0. The van der Waals surface area contributed by atoms with Gasteiger partial charge in [-0.15, -0.1) is 0 Å². The van der Waals surface area contributed by atoms with Gasteiger partial charge in [0.15, 0.2) is 0 Å². The topological polar surface area (TPSA) is 83.7 Å². The van der Waals surface area contributed by atoms with Crippen molar-refractivity contribution in [1.82, 2.24) is 0 Å². The largest absolute Gasteiger partial charge is 0.480 e. The highest BCUT2D eigenvalue weighted by molar-refractivity contribution is 7.99. The third-order valence-electron chi connectivity index (χ3n) is 2.94. The van der Waals surface area contributed by atoms with Gasteiger partial charge in [0, 0.05) is 24.1 Å². The summed E-state index contributed by atoms with van der Waals surface area (Å²) in [5.74, 6) is 0.0473. The number of nitro benzene ring substituents is 1. The maximum atomic E-state index is 11.3. The lowest BCUT2D eigenvalue weighted by Gasteiger charge is -2.34. The summed E-state index contributed by atoms with van der Waals surface area (Å²) in [6.45, 7) is 0.403. The van der Waals surface area contributed by atoms with E-state index in [1.54, 1.807) is 0 Å². The fourth-order valence-electron chi connectivity index (χ4n) is 2.00. The summed E-state index contributed by atoms with van der Waals surface area (Å²) in [5, 5.41) is 20.6. The van der Waals surface area contributed by atoms with Crippen LogP contribution in [0.1, 0.15) is 0 Å². The summed E-state index contributed by atoms with van der Waals surface area (Å²) in [6.07, 6.45) is 0. The van der Waals surface area contributed by atoms with Crippen molar-refractivity contribution in [2.75, 3.05) is 23.0 Å². The molecule has 0 saturated carbocycles. The first-order valence-corrected chi connectivity index (χ1v) is 7.53. The van der Waals surface area contributed by atoms with Crippen LogP contribution in [-0.2, 0) is 4.79 Å². The first kappa shape index (κ1) is 15.2. The molecule has 0 radical (unpaired) electrons. The zero-order chi connectivity index (χ0) is 14.9. The zero-order valence-electron chi connectivity index (χ0n) is 10.1. The van der Waals surface area contributed by atoms with E-state index in [9.17, 15) is 20.0 Å².